The quantitative estimate of drug-likeness (QED) is 0.252. The van der Waals surface area contributed by atoms with Gasteiger partial charge in [0.2, 0.25) is 0 Å². The number of aromatic amines is 1. The van der Waals surface area contributed by atoms with Crippen LogP contribution in [0.3, 0.4) is 0 Å². The zero-order valence-electron chi connectivity index (χ0n) is 20.8. The van der Waals surface area contributed by atoms with Crippen LogP contribution in [0.5, 0.6) is 0 Å². The molecular formula is C34H24ClN3. The summed E-state index contributed by atoms with van der Waals surface area (Å²) in [6, 6.07) is 42.2. The van der Waals surface area contributed by atoms with Crippen molar-refractivity contribution in [3.63, 3.8) is 0 Å². The summed E-state index contributed by atoms with van der Waals surface area (Å²) < 4.78 is 2.35. The van der Waals surface area contributed by atoms with Crippen molar-refractivity contribution in [2.45, 2.75) is 6.92 Å². The van der Waals surface area contributed by atoms with Crippen molar-refractivity contribution < 1.29 is 0 Å². The number of nitrogens with one attached hydrogen (secondary N) is 1. The van der Waals surface area contributed by atoms with Crippen molar-refractivity contribution >= 4 is 33.4 Å². The van der Waals surface area contributed by atoms with Crippen molar-refractivity contribution in [1.82, 2.24) is 14.5 Å². The van der Waals surface area contributed by atoms with Gasteiger partial charge < -0.3 is 9.55 Å². The number of halogens is 1. The van der Waals surface area contributed by atoms with Crippen LogP contribution in [-0.4, -0.2) is 14.5 Å². The van der Waals surface area contributed by atoms with E-state index in [4.69, 9.17) is 16.6 Å². The van der Waals surface area contributed by atoms with Crippen molar-refractivity contribution in [2.75, 3.05) is 0 Å². The number of rotatable bonds is 4. The summed E-state index contributed by atoms with van der Waals surface area (Å²) in [5, 5.41) is 3.08. The highest BCUT2D eigenvalue weighted by atomic mass is 35.5. The first-order valence-corrected chi connectivity index (χ1v) is 13.1. The molecule has 2 aromatic heterocycles. The molecule has 0 fully saturated rings. The molecule has 0 saturated heterocycles. The number of nitrogens with zero attached hydrogens (tertiary/aromatic N) is 2. The van der Waals surface area contributed by atoms with Gasteiger partial charge >= 0.3 is 0 Å². The van der Waals surface area contributed by atoms with E-state index in [1.807, 2.05) is 30.3 Å². The zero-order valence-corrected chi connectivity index (χ0v) is 21.6. The SMILES string of the molecule is Cc1ccc(-c2cc(-c3nc4ccccc4[nH]3)n(-c3cccc4ccccc34)c2-c2ccc(Cl)cc2)cc1. The lowest BCUT2D eigenvalue weighted by Crippen LogP contribution is -2.01. The minimum atomic E-state index is 0.714. The molecule has 0 aliphatic rings. The lowest BCUT2D eigenvalue weighted by molar-refractivity contribution is 1.09. The lowest BCUT2D eigenvalue weighted by Gasteiger charge is -2.17. The summed E-state index contributed by atoms with van der Waals surface area (Å²) in [6.45, 7) is 2.12. The number of imidazole rings is 1. The highest BCUT2D eigenvalue weighted by Gasteiger charge is 2.23. The fraction of sp³-hybridized carbons (Fsp3) is 0.0294. The minimum Gasteiger partial charge on any atom is -0.337 e. The average molecular weight is 510 g/mol. The van der Waals surface area contributed by atoms with Gasteiger partial charge in [0.15, 0.2) is 5.82 Å². The second-order valence-corrected chi connectivity index (χ2v) is 10.0. The second-order valence-electron chi connectivity index (χ2n) is 9.60. The van der Waals surface area contributed by atoms with Crippen molar-refractivity contribution in [1.29, 1.82) is 0 Å². The topological polar surface area (TPSA) is 33.6 Å². The third kappa shape index (κ3) is 3.80. The first-order chi connectivity index (χ1) is 18.7. The Hall–Kier alpha value is -4.60. The van der Waals surface area contributed by atoms with Gasteiger partial charge in [-0.05, 0) is 59.8 Å². The Labute approximate surface area is 226 Å². The predicted octanol–water partition coefficient (Wildman–Crippen LogP) is 9.47. The second kappa shape index (κ2) is 9.05. The van der Waals surface area contributed by atoms with Crippen LogP contribution in [0.4, 0.5) is 0 Å². The summed E-state index contributed by atoms with van der Waals surface area (Å²) in [5.41, 5.74) is 9.74. The van der Waals surface area contributed by atoms with Crippen molar-refractivity contribution in [3.8, 4) is 39.6 Å². The van der Waals surface area contributed by atoms with E-state index in [1.165, 1.54) is 16.3 Å². The Morgan fingerprint density at radius 2 is 1.42 bits per heavy atom. The van der Waals surface area contributed by atoms with Crippen LogP contribution in [-0.2, 0) is 0 Å². The highest BCUT2D eigenvalue weighted by molar-refractivity contribution is 6.30. The maximum absolute atomic E-state index is 6.33. The zero-order chi connectivity index (χ0) is 25.6. The summed E-state index contributed by atoms with van der Waals surface area (Å²) in [5.74, 6) is 0.827. The van der Waals surface area contributed by atoms with E-state index in [0.717, 1.165) is 50.6 Å². The molecule has 7 aromatic rings. The fourth-order valence-electron chi connectivity index (χ4n) is 5.26. The molecule has 1 N–H and O–H groups in total. The molecule has 0 aliphatic heterocycles. The summed E-state index contributed by atoms with van der Waals surface area (Å²) in [7, 11) is 0. The monoisotopic (exact) mass is 509 g/mol. The molecule has 7 rings (SSSR count). The largest absolute Gasteiger partial charge is 0.337 e. The van der Waals surface area contributed by atoms with Crippen molar-refractivity contribution in [2.24, 2.45) is 0 Å². The van der Waals surface area contributed by atoms with Gasteiger partial charge in [0.05, 0.1) is 28.1 Å². The van der Waals surface area contributed by atoms with Crippen LogP contribution >= 0.6 is 11.6 Å². The van der Waals surface area contributed by atoms with Gasteiger partial charge in [-0.3, -0.25) is 0 Å². The van der Waals surface area contributed by atoms with Crippen LogP contribution in [0.1, 0.15) is 5.56 Å². The van der Waals surface area contributed by atoms with Gasteiger partial charge in [-0.1, -0.05) is 102 Å². The molecule has 38 heavy (non-hydrogen) atoms. The van der Waals surface area contributed by atoms with Crippen LogP contribution in [0.2, 0.25) is 5.02 Å². The normalized spacial score (nSPS) is 11.4. The number of fused-ring (bicyclic) bond motifs is 2. The Bertz CT molecular complexity index is 1890. The van der Waals surface area contributed by atoms with E-state index < -0.39 is 0 Å². The number of para-hydroxylation sites is 2. The number of hydrogen-bond donors (Lipinski definition) is 1. The minimum absolute atomic E-state index is 0.714. The number of hydrogen-bond acceptors (Lipinski definition) is 1. The van der Waals surface area contributed by atoms with Crippen LogP contribution < -0.4 is 0 Å². The molecule has 0 saturated carbocycles. The van der Waals surface area contributed by atoms with E-state index in [9.17, 15) is 0 Å². The first-order valence-electron chi connectivity index (χ1n) is 12.7. The maximum atomic E-state index is 6.33. The molecule has 0 aliphatic carbocycles. The van der Waals surface area contributed by atoms with Crippen molar-refractivity contribution in [3.05, 3.63) is 132 Å². The third-order valence-electron chi connectivity index (χ3n) is 7.12. The van der Waals surface area contributed by atoms with Gasteiger partial charge in [-0.15, -0.1) is 0 Å². The van der Waals surface area contributed by atoms with E-state index in [2.05, 4.69) is 107 Å². The summed E-state index contributed by atoms with van der Waals surface area (Å²) in [4.78, 5) is 8.60. The summed E-state index contributed by atoms with van der Waals surface area (Å²) >= 11 is 6.33. The lowest BCUT2D eigenvalue weighted by atomic mass is 10.00. The Morgan fingerprint density at radius 1 is 0.711 bits per heavy atom. The molecule has 5 aromatic carbocycles. The molecule has 2 heterocycles. The molecule has 0 unspecified atom stereocenters. The standard InChI is InChI=1S/C34H24ClN3/c1-22-13-15-24(16-14-22)28-21-32(34-36-29-10-4-5-11-30(29)37-34)38(33(28)25-17-19-26(35)20-18-25)31-12-6-8-23-7-2-3-9-27(23)31/h2-21H,1H3,(H,36,37). The third-order valence-corrected chi connectivity index (χ3v) is 7.37. The van der Waals surface area contributed by atoms with Crippen LogP contribution in [0.25, 0.3) is 61.4 Å². The number of aryl methyl sites for hydroxylation is 1. The van der Waals surface area contributed by atoms with Gasteiger partial charge in [0, 0.05) is 16.0 Å². The molecule has 0 atom stereocenters. The number of aromatic nitrogens is 3. The molecular weight excluding hydrogens is 486 g/mol. The Kier molecular flexibility index (Phi) is 5.38. The summed E-state index contributed by atoms with van der Waals surface area (Å²) in [6.07, 6.45) is 0. The molecule has 182 valence electrons. The van der Waals surface area contributed by atoms with Gasteiger partial charge in [0.25, 0.3) is 0 Å². The number of H-pyrrole nitrogens is 1. The van der Waals surface area contributed by atoms with E-state index in [1.54, 1.807) is 0 Å². The van der Waals surface area contributed by atoms with Crippen LogP contribution in [0.15, 0.2) is 121 Å². The van der Waals surface area contributed by atoms with Gasteiger partial charge in [-0.25, -0.2) is 4.98 Å². The predicted molar refractivity (Wildman–Crippen MR) is 159 cm³/mol. The van der Waals surface area contributed by atoms with E-state index in [0.29, 0.717) is 5.02 Å². The fourth-order valence-corrected chi connectivity index (χ4v) is 5.38. The Balaban J connectivity index is 1.62. The van der Waals surface area contributed by atoms with Gasteiger partial charge in [-0.2, -0.15) is 0 Å². The number of benzene rings is 5. The first kappa shape index (κ1) is 22.6. The Morgan fingerprint density at radius 3 is 2.24 bits per heavy atom. The molecule has 3 nitrogen and oxygen atoms in total. The van der Waals surface area contributed by atoms with E-state index >= 15 is 0 Å². The van der Waals surface area contributed by atoms with Crippen LogP contribution in [0, 0.1) is 6.92 Å². The maximum Gasteiger partial charge on any atom is 0.155 e. The van der Waals surface area contributed by atoms with Gasteiger partial charge in [0.1, 0.15) is 0 Å². The molecule has 4 heteroatoms. The molecule has 0 amide bonds. The highest BCUT2D eigenvalue weighted by Crippen LogP contribution is 2.42. The average Bonchev–Trinajstić information content (AvgIpc) is 3.56. The molecule has 0 spiro atoms. The molecule has 0 bridgehead atoms. The van der Waals surface area contributed by atoms with E-state index in [-0.39, 0.29) is 0 Å². The molecule has 0 radical (unpaired) electrons. The smallest absolute Gasteiger partial charge is 0.155 e.